The van der Waals surface area contributed by atoms with E-state index in [1.807, 2.05) is 31.2 Å². The number of rotatable bonds is 3. The number of hydrogen-bond acceptors (Lipinski definition) is 4. The fourth-order valence-corrected chi connectivity index (χ4v) is 2.18. The Kier molecular flexibility index (Phi) is 3.23. The summed E-state index contributed by atoms with van der Waals surface area (Å²) in [5.41, 5.74) is 2.76. The molecule has 0 aliphatic carbocycles. The second-order valence-corrected chi connectivity index (χ2v) is 4.74. The van der Waals surface area contributed by atoms with Gasteiger partial charge in [0.05, 0.1) is 5.56 Å². The molecular formula is C16H13N3O2. The number of aryl methyl sites for hydroxylation is 1. The number of nitrogens with zero attached hydrogens (tertiary/aromatic N) is 2. The summed E-state index contributed by atoms with van der Waals surface area (Å²) < 4.78 is 0. The van der Waals surface area contributed by atoms with E-state index in [-0.39, 0.29) is 22.8 Å². The van der Waals surface area contributed by atoms with Crippen LogP contribution in [0.1, 0.15) is 21.6 Å². The van der Waals surface area contributed by atoms with E-state index in [1.165, 1.54) is 6.07 Å². The Bertz CT molecular complexity index is 809. The largest absolute Gasteiger partial charge is 0.507 e. The molecule has 0 bridgehead atoms. The molecule has 0 amide bonds. The maximum absolute atomic E-state index is 12.5. The summed E-state index contributed by atoms with van der Waals surface area (Å²) in [7, 11) is 0. The lowest BCUT2D eigenvalue weighted by Crippen LogP contribution is -2.04. The number of aromatic amines is 1. The molecule has 1 heterocycles. The second-order valence-electron chi connectivity index (χ2n) is 4.74. The minimum absolute atomic E-state index is 0.0688. The zero-order chi connectivity index (χ0) is 14.8. The third-order valence-corrected chi connectivity index (χ3v) is 3.20. The molecule has 0 radical (unpaired) electrons. The van der Waals surface area contributed by atoms with Crippen LogP contribution in [-0.2, 0) is 0 Å². The quantitative estimate of drug-likeness (QED) is 0.722. The number of para-hydroxylation sites is 1. The molecule has 0 saturated carbocycles. The Morgan fingerprint density at radius 3 is 2.67 bits per heavy atom. The molecule has 2 aromatic carbocycles. The van der Waals surface area contributed by atoms with Crippen molar-refractivity contribution in [1.29, 1.82) is 0 Å². The molecular weight excluding hydrogens is 266 g/mol. The minimum Gasteiger partial charge on any atom is -0.507 e. The highest BCUT2D eigenvalue weighted by Gasteiger charge is 2.21. The van der Waals surface area contributed by atoms with Crippen LogP contribution in [0.3, 0.4) is 0 Å². The molecule has 3 aromatic rings. The first-order valence-electron chi connectivity index (χ1n) is 6.47. The van der Waals surface area contributed by atoms with Gasteiger partial charge in [-0.3, -0.25) is 4.79 Å². The molecule has 0 fully saturated rings. The third-order valence-electron chi connectivity index (χ3n) is 3.20. The number of aromatic hydroxyl groups is 1. The monoisotopic (exact) mass is 279 g/mol. The number of aromatic nitrogens is 3. The van der Waals surface area contributed by atoms with Gasteiger partial charge < -0.3 is 5.11 Å². The van der Waals surface area contributed by atoms with Gasteiger partial charge in [-0.05, 0) is 25.1 Å². The molecule has 0 spiro atoms. The molecule has 0 aliphatic heterocycles. The van der Waals surface area contributed by atoms with Crippen molar-refractivity contribution in [2.45, 2.75) is 6.92 Å². The van der Waals surface area contributed by atoms with Gasteiger partial charge in [-0.15, -0.1) is 0 Å². The van der Waals surface area contributed by atoms with Crippen molar-refractivity contribution in [3.05, 3.63) is 65.4 Å². The van der Waals surface area contributed by atoms with Gasteiger partial charge in [0.15, 0.2) is 5.69 Å². The van der Waals surface area contributed by atoms with Gasteiger partial charge in [0.1, 0.15) is 11.4 Å². The van der Waals surface area contributed by atoms with Crippen molar-refractivity contribution in [3.8, 4) is 17.0 Å². The van der Waals surface area contributed by atoms with Crippen LogP contribution >= 0.6 is 0 Å². The summed E-state index contributed by atoms with van der Waals surface area (Å²) in [5.74, 6) is -0.431. The van der Waals surface area contributed by atoms with Crippen LogP contribution in [0.25, 0.3) is 11.3 Å². The molecule has 0 atom stereocenters. The van der Waals surface area contributed by atoms with E-state index in [9.17, 15) is 9.90 Å². The van der Waals surface area contributed by atoms with Crippen molar-refractivity contribution in [3.63, 3.8) is 0 Å². The van der Waals surface area contributed by atoms with Crippen LogP contribution in [0, 0.1) is 6.92 Å². The molecule has 3 rings (SSSR count). The Morgan fingerprint density at radius 2 is 1.90 bits per heavy atom. The fourth-order valence-electron chi connectivity index (χ4n) is 2.18. The Labute approximate surface area is 121 Å². The number of benzene rings is 2. The third kappa shape index (κ3) is 2.41. The van der Waals surface area contributed by atoms with Gasteiger partial charge in [0.2, 0.25) is 5.78 Å². The van der Waals surface area contributed by atoms with Gasteiger partial charge in [-0.25, -0.2) is 0 Å². The summed E-state index contributed by atoms with van der Waals surface area (Å²) in [5, 5.41) is 20.3. The van der Waals surface area contributed by atoms with Crippen LogP contribution in [0.2, 0.25) is 0 Å². The van der Waals surface area contributed by atoms with E-state index in [0.717, 1.165) is 11.1 Å². The number of H-pyrrole nitrogens is 1. The number of hydrogen-bond donors (Lipinski definition) is 2. The van der Waals surface area contributed by atoms with Crippen LogP contribution in [0.4, 0.5) is 0 Å². The normalized spacial score (nSPS) is 10.5. The molecule has 2 N–H and O–H groups in total. The van der Waals surface area contributed by atoms with Crippen molar-refractivity contribution in [2.24, 2.45) is 0 Å². The Balaban J connectivity index is 2.08. The van der Waals surface area contributed by atoms with Gasteiger partial charge in [-0.2, -0.15) is 15.4 Å². The SMILES string of the molecule is Cc1cccc(-c2n[nH]nc2C(=O)c2ccccc2O)c1. The lowest BCUT2D eigenvalue weighted by atomic mass is 10.0. The topological polar surface area (TPSA) is 78.9 Å². The maximum atomic E-state index is 12.5. The van der Waals surface area contributed by atoms with E-state index in [4.69, 9.17) is 0 Å². The first-order chi connectivity index (χ1) is 10.2. The lowest BCUT2D eigenvalue weighted by molar-refractivity contribution is 0.103. The lowest BCUT2D eigenvalue weighted by Gasteiger charge is -2.03. The van der Waals surface area contributed by atoms with Crippen LogP contribution in [-0.4, -0.2) is 26.3 Å². The number of carbonyl (C=O) groups excluding carboxylic acids is 1. The predicted octanol–water partition coefficient (Wildman–Crippen LogP) is 2.72. The summed E-state index contributed by atoms with van der Waals surface area (Å²) in [6, 6.07) is 14.1. The molecule has 21 heavy (non-hydrogen) atoms. The minimum atomic E-state index is -0.363. The zero-order valence-corrected chi connectivity index (χ0v) is 11.4. The van der Waals surface area contributed by atoms with Gasteiger partial charge in [0, 0.05) is 5.56 Å². The number of phenolic OH excluding ortho intramolecular Hbond substituents is 1. The van der Waals surface area contributed by atoms with E-state index < -0.39 is 0 Å². The summed E-state index contributed by atoms with van der Waals surface area (Å²) in [4.78, 5) is 12.5. The predicted molar refractivity (Wildman–Crippen MR) is 78.1 cm³/mol. The number of nitrogens with one attached hydrogen (secondary N) is 1. The molecule has 0 aliphatic rings. The zero-order valence-electron chi connectivity index (χ0n) is 11.4. The average Bonchev–Trinajstić information content (AvgIpc) is 2.96. The smallest absolute Gasteiger partial charge is 0.219 e. The van der Waals surface area contributed by atoms with Gasteiger partial charge in [-0.1, -0.05) is 35.9 Å². The highest BCUT2D eigenvalue weighted by atomic mass is 16.3. The number of ketones is 1. The van der Waals surface area contributed by atoms with Crippen molar-refractivity contribution >= 4 is 5.78 Å². The molecule has 1 aromatic heterocycles. The Hall–Kier alpha value is -2.95. The Morgan fingerprint density at radius 1 is 1.10 bits per heavy atom. The van der Waals surface area contributed by atoms with Crippen molar-refractivity contribution in [1.82, 2.24) is 15.4 Å². The van der Waals surface area contributed by atoms with Crippen molar-refractivity contribution < 1.29 is 9.90 Å². The molecule has 0 unspecified atom stereocenters. The van der Waals surface area contributed by atoms with Crippen LogP contribution in [0.15, 0.2) is 48.5 Å². The average molecular weight is 279 g/mol. The summed E-state index contributed by atoms with van der Waals surface area (Å²) in [6.45, 7) is 1.97. The first-order valence-corrected chi connectivity index (χ1v) is 6.47. The molecule has 104 valence electrons. The van der Waals surface area contributed by atoms with Crippen LogP contribution < -0.4 is 0 Å². The van der Waals surface area contributed by atoms with Gasteiger partial charge >= 0.3 is 0 Å². The number of phenols is 1. The summed E-state index contributed by atoms with van der Waals surface area (Å²) in [6.07, 6.45) is 0. The van der Waals surface area contributed by atoms with Crippen molar-refractivity contribution in [2.75, 3.05) is 0 Å². The van der Waals surface area contributed by atoms with E-state index in [2.05, 4.69) is 15.4 Å². The first kappa shape index (κ1) is 13.1. The van der Waals surface area contributed by atoms with E-state index in [1.54, 1.807) is 18.2 Å². The van der Waals surface area contributed by atoms with Crippen LogP contribution in [0.5, 0.6) is 5.75 Å². The highest BCUT2D eigenvalue weighted by molar-refractivity contribution is 6.12. The molecule has 0 saturated heterocycles. The number of carbonyl (C=O) groups is 1. The maximum Gasteiger partial charge on any atom is 0.219 e. The molecule has 5 nitrogen and oxygen atoms in total. The molecule has 5 heteroatoms. The summed E-state index contributed by atoms with van der Waals surface area (Å²) >= 11 is 0. The highest BCUT2D eigenvalue weighted by Crippen LogP contribution is 2.25. The standard InChI is InChI=1S/C16H13N3O2/c1-10-5-4-6-11(9-10)14-15(18-19-17-14)16(21)12-7-2-3-8-13(12)20/h2-9,20H,1H3,(H,17,18,19). The second kappa shape index (κ2) is 5.20. The van der Waals surface area contributed by atoms with E-state index in [0.29, 0.717) is 5.69 Å². The van der Waals surface area contributed by atoms with E-state index >= 15 is 0 Å². The van der Waals surface area contributed by atoms with Gasteiger partial charge in [0.25, 0.3) is 0 Å². The fraction of sp³-hybridized carbons (Fsp3) is 0.0625.